The molecule has 28 heteroatoms. The van der Waals surface area contributed by atoms with Crippen molar-refractivity contribution in [3.8, 4) is 0 Å². The second-order valence-electron chi connectivity index (χ2n) is 13.6. The maximum atomic E-state index is 13.6. The van der Waals surface area contributed by atoms with Gasteiger partial charge < -0.3 is 82.8 Å². The van der Waals surface area contributed by atoms with Crippen LogP contribution in [0.4, 0.5) is 0 Å². The molecule has 0 aliphatic heterocycles. The number of H-pyrrole nitrogens is 1. The summed E-state index contributed by atoms with van der Waals surface area (Å²) in [5.41, 5.74) is 42.9. The summed E-state index contributed by atoms with van der Waals surface area (Å²) in [6.45, 7) is 1.17. The number of aromatic nitrogens is 2. The number of nitrogens with two attached hydrogens (primary N) is 8. The molecular weight excluding hydrogens is 810 g/mol. The summed E-state index contributed by atoms with van der Waals surface area (Å²) < 4.78 is 0. The van der Waals surface area contributed by atoms with Gasteiger partial charge in [0.25, 0.3) is 0 Å². The van der Waals surface area contributed by atoms with Crippen molar-refractivity contribution in [2.75, 3.05) is 6.54 Å². The van der Waals surface area contributed by atoms with Crippen LogP contribution < -0.4 is 77.8 Å². The predicted octanol–water partition coefficient (Wildman–Crippen LogP) is -8.97. The molecule has 0 radical (unpaired) electrons. The van der Waals surface area contributed by atoms with Crippen LogP contribution in [-0.4, -0.2) is 130 Å². The molecule has 11 amide bonds. The molecule has 0 bridgehead atoms. The van der Waals surface area contributed by atoms with E-state index in [1.54, 1.807) is 0 Å². The summed E-state index contributed by atoms with van der Waals surface area (Å²) in [7, 11) is 0. The number of aliphatic imine (C=N–C) groups is 1. The van der Waals surface area contributed by atoms with Crippen LogP contribution in [0.15, 0.2) is 17.5 Å². The average molecular weight is 866 g/mol. The minimum atomic E-state index is -1.74. The number of amides is 11. The van der Waals surface area contributed by atoms with Crippen molar-refractivity contribution in [3.63, 3.8) is 0 Å². The summed E-state index contributed by atoms with van der Waals surface area (Å²) in [4.78, 5) is 148. The molecule has 28 nitrogen and oxygen atoms in total. The highest BCUT2D eigenvalue weighted by Crippen LogP contribution is 2.07. The van der Waals surface area contributed by atoms with Gasteiger partial charge in [0.2, 0.25) is 65.0 Å². The van der Waals surface area contributed by atoms with Gasteiger partial charge in [0.15, 0.2) is 5.96 Å². The third-order valence-electron chi connectivity index (χ3n) is 8.39. The number of imidazole rings is 1. The number of aromatic amines is 1. The molecule has 338 valence electrons. The monoisotopic (exact) mass is 865 g/mol. The number of carbonyl (C=O) groups is 11. The van der Waals surface area contributed by atoms with Crippen LogP contribution in [0, 0.1) is 0 Å². The third kappa shape index (κ3) is 20.7. The van der Waals surface area contributed by atoms with E-state index in [9.17, 15) is 52.7 Å². The van der Waals surface area contributed by atoms with Crippen LogP contribution in [0.5, 0.6) is 0 Å². The van der Waals surface area contributed by atoms with E-state index in [2.05, 4.69) is 46.9 Å². The number of carbonyl (C=O) groups excluding carboxylic acids is 11. The number of hydrogen-bond acceptors (Lipinski definition) is 14. The van der Waals surface area contributed by atoms with E-state index in [0.717, 1.165) is 0 Å². The van der Waals surface area contributed by atoms with Crippen molar-refractivity contribution in [1.82, 2.24) is 41.9 Å². The van der Waals surface area contributed by atoms with Gasteiger partial charge in [-0.2, -0.15) is 0 Å². The minimum Gasteiger partial charge on any atom is -0.370 e. The number of hydrogen-bond donors (Lipinski definition) is 15. The first kappa shape index (κ1) is 51.6. The summed E-state index contributed by atoms with van der Waals surface area (Å²) in [6.07, 6.45) is -0.441. The van der Waals surface area contributed by atoms with Crippen LogP contribution in [0.3, 0.4) is 0 Å². The topological polar surface area (TPSA) is 509 Å². The van der Waals surface area contributed by atoms with Crippen molar-refractivity contribution >= 4 is 70.9 Å². The predicted molar refractivity (Wildman–Crippen MR) is 211 cm³/mol. The summed E-state index contributed by atoms with van der Waals surface area (Å²) in [5, 5.41) is 14.0. The normalized spacial score (nSPS) is 14.1. The van der Waals surface area contributed by atoms with Gasteiger partial charge in [0, 0.05) is 37.7 Å². The van der Waals surface area contributed by atoms with Crippen LogP contribution in [0.2, 0.25) is 0 Å². The highest BCUT2D eigenvalue weighted by Gasteiger charge is 2.33. The molecule has 23 N–H and O–H groups in total. The van der Waals surface area contributed by atoms with E-state index in [0.29, 0.717) is 5.69 Å². The molecule has 1 aromatic heterocycles. The van der Waals surface area contributed by atoms with E-state index < -0.39 is 127 Å². The Bertz CT molecular complexity index is 1790. The molecule has 7 atom stereocenters. The van der Waals surface area contributed by atoms with Crippen molar-refractivity contribution in [1.29, 1.82) is 0 Å². The largest absolute Gasteiger partial charge is 0.370 e. The van der Waals surface area contributed by atoms with E-state index in [-0.39, 0.29) is 51.0 Å². The van der Waals surface area contributed by atoms with Gasteiger partial charge in [0.05, 0.1) is 25.2 Å². The molecule has 1 aromatic rings. The van der Waals surface area contributed by atoms with Gasteiger partial charge in [-0.05, 0) is 32.6 Å². The molecule has 0 fully saturated rings. The first-order chi connectivity index (χ1) is 28.5. The van der Waals surface area contributed by atoms with E-state index in [1.807, 2.05) is 0 Å². The molecule has 0 aliphatic carbocycles. The summed E-state index contributed by atoms with van der Waals surface area (Å²) in [5.74, 6) is -11.0. The SMILES string of the molecule is C[C@H](NC(=O)[C@H](CCCN=C(N)N)NC(=O)[C@H](CCC(N)=O)NC(=O)[C@@H](N)CC(N)=O)C(=O)N[C@@H](CC(N)=O)C(=O)N[C@@H](Cc1cnc[nH]1)C(=O)N[C@@H](CCC(N)=O)C(N)=O. The molecule has 0 aliphatic rings. The summed E-state index contributed by atoms with van der Waals surface area (Å²) in [6, 6.07) is -10.5. The van der Waals surface area contributed by atoms with Gasteiger partial charge >= 0.3 is 0 Å². The smallest absolute Gasteiger partial charge is 0.243 e. The lowest BCUT2D eigenvalue weighted by Gasteiger charge is -2.26. The third-order valence-corrected chi connectivity index (χ3v) is 8.39. The van der Waals surface area contributed by atoms with Gasteiger partial charge in [-0.15, -0.1) is 0 Å². The molecule has 0 saturated carbocycles. The highest BCUT2D eigenvalue weighted by molar-refractivity contribution is 5.98. The molecule has 0 unspecified atom stereocenters. The second kappa shape index (κ2) is 25.9. The van der Waals surface area contributed by atoms with Crippen LogP contribution in [-0.2, 0) is 59.2 Å². The maximum absolute atomic E-state index is 13.6. The Hall–Kier alpha value is -7.39. The lowest BCUT2D eigenvalue weighted by Crippen LogP contribution is -2.60. The van der Waals surface area contributed by atoms with Gasteiger partial charge in [0.1, 0.15) is 36.3 Å². The van der Waals surface area contributed by atoms with Gasteiger partial charge in [-0.1, -0.05) is 0 Å². The van der Waals surface area contributed by atoms with Crippen LogP contribution >= 0.6 is 0 Å². The standard InChI is InChI=1S/C33H55N17O11/c1-14(45-29(58)18(3-2-8-43-33(40)41)48-30(59)19(5-7-23(36)52)47-28(57)16(34)10-24(37)53)27(56)49-21(11-25(38)54)32(61)50-20(9-15-12-42-13-44-15)31(60)46-17(26(39)55)4-6-22(35)51/h12-14,16-21H,2-11,34H2,1H3,(H2,35,51)(H2,36,52)(H2,37,53)(H2,38,54)(H2,39,55)(H,42,44)(H,45,58)(H,46,60)(H,47,57)(H,48,59)(H,49,56)(H,50,61)(H4,40,41,43)/t14-,16-,17-,18-,19-,20-,21-/m0/s1. The Labute approximate surface area is 347 Å². The lowest BCUT2D eigenvalue weighted by atomic mass is 10.1. The van der Waals surface area contributed by atoms with E-state index >= 15 is 0 Å². The van der Waals surface area contributed by atoms with Crippen molar-refractivity contribution < 1.29 is 52.7 Å². The zero-order valence-corrected chi connectivity index (χ0v) is 33.3. The zero-order chi connectivity index (χ0) is 46.4. The molecular formula is C33H55N17O11. The summed E-state index contributed by atoms with van der Waals surface area (Å²) >= 11 is 0. The van der Waals surface area contributed by atoms with Crippen LogP contribution in [0.25, 0.3) is 0 Å². The molecule has 61 heavy (non-hydrogen) atoms. The number of guanidine groups is 1. The van der Waals surface area contributed by atoms with Crippen molar-refractivity contribution in [2.45, 2.75) is 107 Å². The fourth-order valence-electron chi connectivity index (χ4n) is 5.22. The average Bonchev–Trinajstić information content (AvgIpc) is 3.67. The highest BCUT2D eigenvalue weighted by atomic mass is 16.2. The number of nitrogens with zero attached hydrogens (tertiary/aromatic N) is 2. The fraction of sp³-hybridized carbons (Fsp3) is 0.545. The maximum Gasteiger partial charge on any atom is 0.243 e. The molecule has 0 saturated heterocycles. The number of primary amides is 5. The Morgan fingerprint density at radius 3 is 1.59 bits per heavy atom. The first-order valence-corrected chi connectivity index (χ1v) is 18.5. The van der Waals surface area contributed by atoms with Crippen LogP contribution in [0.1, 0.15) is 64.0 Å². The molecule has 1 heterocycles. The van der Waals surface area contributed by atoms with Crippen molar-refractivity contribution in [3.05, 3.63) is 18.2 Å². The zero-order valence-electron chi connectivity index (χ0n) is 33.3. The first-order valence-electron chi connectivity index (χ1n) is 18.5. The second-order valence-corrected chi connectivity index (χ2v) is 13.6. The minimum absolute atomic E-state index is 0.0122. The van der Waals surface area contributed by atoms with Gasteiger partial charge in [-0.25, -0.2) is 4.98 Å². The van der Waals surface area contributed by atoms with Crippen molar-refractivity contribution in [2.24, 2.45) is 50.9 Å². The number of rotatable bonds is 29. The molecule has 0 spiro atoms. The quantitative estimate of drug-likeness (QED) is 0.0202. The van der Waals surface area contributed by atoms with Gasteiger partial charge in [-0.3, -0.25) is 57.7 Å². The van der Waals surface area contributed by atoms with E-state index in [1.165, 1.54) is 19.4 Å². The Morgan fingerprint density at radius 2 is 1.07 bits per heavy atom. The number of nitrogens with one attached hydrogen (secondary N) is 7. The Balaban J connectivity index is 3.29. The Morgan fingerprint density at radius 1 is 0.590 bits per heavy atom. The molecule has 1 rings (SSSR count). The lowest BCUT2D eigenvalue weighted by molar-refractivity contribution is -0.136. The Kier molecular flexibility index (Phi) is 21.9. The fourth-order valence-corrected chi connectivity index (χ4v) is 5.22. The van der Waals surface area contributed by atoms with E-state index in [4.69, 9.17) is 45.9 Å². The molecule has 0 aromatic carbocycles.